The standard InChI is InChI=1S/C18H29N5OS.HI/c1-2-19-18(21-8-7-20-17(24)14-3-4-14)22-9-11-23-10-5-16-15(13-23)6-12-25-16;/h6,12,14H,2-5,7-11,13H2,1H3,(H,20,24)(H2,19,21,22);1H. The Hall–Kier alpha value is -0.870. The van der Waals surface area contributed by atoms with Gasteiger partial charge < -0.3 is 16.0 Å². The van der Waals surface area contributed by atoms with Gasteiger partial charge in [0.15, 0.2) is 5.96 Å². The highest BCUT2D eigenvalue weighted by Crippen LogP contribution is 2.28. The Balaban J connectivity index is 0.00000243. The van der Waals surface area contributed by atoms with Crippen LogP contribution < -0.4 is 16.0 Å². The van der Waals surface area contributed by atoms with Gasteiger partial charge in [-0.25, -0.2) is 0 Å². The minimum absolute atomic E-state index is 0. The number of nitrogens with zero attached hydrogens (tertiary/aromatic N) is 2. The summed E-state index contributed by atoms with van der Waals surface area (Å²) in [5, 5.41) is 11.7. The number of hydrogen-bond acceptors (Lipinski definition) is 4. The number of guanidine groups is 1. The predicted octanol–water partition coefficient (Wildman–Crippen LogP) is 1.81. The maximum Gasteiger partial charge on any atom is 0.223 e. The Labute approximate surface area is 177 Å². The first-order chi connectivity index (χ1) is 12.3. The average Bonchev–Trinajstić information content (AvgIpc) is 3.36. The lowest BCUT2D eigenvalue weighted by molar-refractivity contribution is -0.122. The van der Waals surface area contributed by atoms with Crippen molar-refractivity contribution >= 4 is 47.2 Å². The molecule has 0 radical (unpaired) electrons. The van der Waals surface area contributed by atoms with E-state index in [-0.39, 0.29) is 35.8 Å². The Bertz CT molecular complexity index is 602. The number of carbonyl (C=O) groups is 1. The number of aliphatic imine (C=N–C) groups is 1. The maximum atomic E-state index is 11.6. The van der Waals surface area contributed by atoms with E-state index >= 15 is 0 Å². The molecule has 0 aromatic carbocycles. The maximum absolute atomic E-state index is 11.6. The number of thiophene rings is 1. The fourth-order valence-corrected chi connectivity index (χ4v) is 3.89. The molecule has 1 amide bonds. The molecule has 0 atom stereocenters. The molecule has 0 bridgehead atoms. The first-order valence-electron chi connectivity index (χ1n) is 9.33. The molecule has 26 heavy (non-hydrogen) atoms. The van der Waals surface area contributed by atoms with Gasteiger partial charge in [-0.3, -0.25) is 14.7 Å². The second-order valence-electron chi connectivity index (χ2n) is 6.65. The lowest BCUT2D eigenvalue weighted by atomic mass is 10.1. The summed E-state index contributed by atoms with van der Waals surface area (Å²) in [6.07, 6.45) is 3.26. The molecule has 1 aromatic rings. The van der Waals surface area contributed by atoms with Crippen LogP contribution in [0.5, 0.6) is 0 Å². The summed E-state index contributed by atoms with van der Waals surface area (Å²) < 4.78 is 0. The zero-order valence-corrected chi connectivity index (χ0v) is 18.6. The van der Waals surface area contributed by atoms with E-state index in [1.807, 2.05) is 11.3 Å². The van der Waals surface area contributed by atoms with E-state index in [2.05, 4.69) is 44.2 Å². The van der Waals surface area contributed by atoms with Gasteiger partial charge in [0, 0.05) is 50.1 Å². The number of carbonyl (C=O) groups excluding carboxylic acids is 1. The SMILES string of the molecule is CCNC(=NCCN1CCc2sccc2C1)NCCNC(=O)C1CC1.I. The Morgan fingerprint density at radius 1 is 1.31 bits per heavy atom. The molecule has 2 heterocycles. The van der Waals surface area contributed by atoms with E-state index in [1.54, 1.807) is 4.88 Å². The molecule has 6 nitrogen and oxygen atoms in total. The van der Waals surface area contributed by atoms with Gasteiger partial charge in [0.25, 0.3) is 0 Å². The van der Waals surface area contributed by atoms with Gasteiger partial charge in [-0.1, -0.05) is 0 Å². The molecular weight excluding hydrogens is 461 g/mol. The van der Waals surface area contributed by atoms with Gasteiger partial charge in [-0.2, -0.15) is 0 Å². The molecule has 0 unspecified atom stereocenters. The van der Waals surface area contributed by atoms with Crippen LogP contribution in [0.4, 0.5) is 0 Å². The molecule has 1 fully saturated rings. The second kappa shape index (κ2) is 11.1. The van der Waals surface area contributed by atoms with Gasteiger partial charge in [-0.05, 0) is 43.2 Å². The van der Waals surface area contributed by atoms with E-state index in [0.29, 0.717) is 13.1 Å². The van der Waals surface area contributed by atoms with Crippen LogP contribution in [0, 0.1) is 5.92 Å². The highest BCUT2D eigenvalue weighted by Gasteiger charge is 2.28. The molecule has 3 N–H and O–H groups in total. The zero-order valence-electron chi connectivity index (χ0n) is 15.4. The zero-order chi connectivity index (χ0) is 17.5. The molecule has 1 aliphatic heterocycles. The van der Waals surface area contributed by atoms with E-state index < -0.39 is 0 Å². The van der Waals surface area contributed by atoms with Gasteiger partial charge in [0.05, 0.1) is 6.54 Å². The third-order valence-corrected chi connectivity index (χ3v) is 5.60. The van der Waals surface area contributed by atoms with Crippen molar-refractivity contribution in [2.45, 2.75) is 32.7 Å². The highest BCUT2D eigenvalue weighted by molar-refractivity contribution is 14.0. The van der Waals surface area contributed by atoms with Gasteiger partial charge in [0.2, 0.25) is 5.91 Å². The molecule has 1 saturated carbocycles. The molecule has 146 valence electrons. The fourth-order valence-electron chi connectivity index (χ4n) is 3.00. The summed E-state index contributed by atoms with van der Waals surface area (Å²) in [7, 11) is 0. The monoisotopic (exact) mass is 491 g/mol. The minimum atomic E-state index is 0. The van der Waals surface area contributed by atoms with Gasteiger partial charge >= 0.3 is 0 Å². The van der Waals surface area contributed by atoms with E-state index in [9.17, 15) is 4.79 Å². The smallest absolute Gasteiger partial charge is 0.223 e. The van der Waals surface area contributed by atoms with Crippen LogP contribution in [0.15, 0.2) is 16.4 Å². The van der Waals surface area contributed by atoms with E-state index in [4.69, 9.17) is 0 Å². The lowest BCUT2D eigenvalue weighted by Gasteiger charge is -2.26. The largest absolute Gasteiger partial charge is 0.357 e. The van der Waals surface area contributed by atoms with Crippen LogP contribution in [0.3, 0.4) is 0 Å². The molecule has 8 heteroatoms. The van der Waals surface area contributed by atoms with Crippen molar-refractivity contribution < 1.29 is 4.79 Å². The minimum Gasteiger partial charge on any atom is -0.357 e. The Morgan fingerprint density at radius 3 is 2.88 bits per heavy atom. The van der Waals surface area contributed by atoms with Gasteiger partial charge in [0.1, 0.15) is 0 Å². The number of hydrogen-bond donors (Lipinski definition) is 3. The van der Waals surface area contributed by atoms with Crippen LogP contribution in [-0.2, 0) is 17.8 Å². The van der Waals surface area contributed by atoms with Crippen molar-refractivity contribution in [2.24, 2.45) is 10.9 Å². The molecule has 0 spiro atoms. The van der Waals surface area contributed by atoms with Crippen LogP contribution in [0.25, 0.3) is 0 Å². The van der Waals surface area contributed by atoms with Crippen LogP contribution in [0.2, 0.25) is 0 Å². The molecule has 1 aliphatic carbocycles. The third-order valence-electron chi connectivity index (χ3n) is 4.58. The highest BCUT2D eigenvalue weighted by atomic mass is 127. The predicted molar refractivity (Wildman–Crippen MR) is 118 cm³/mol. The summed E-state index contributed by atoms with van der Waals surface area (Å²) in [4.78, 5) is 20.3. The second-order valence-corrected chi connectivity index (χ2v) is 7.65. The van der Waals surface area contributed by atoms with Crippen molar-refractivity contribution in [2.75, 3.05) is 39.3 Å². The Kier molecular flexibility index (Phi) is 9.13. The summed E-state index contributed by atoms with van der Waals surface area (Å²) in [6, 6.07) is 2.25. The van der Waals surface area contributed by atoms with Gasteiger partial charge in [-0.15, -0.1) is 35.3 Å². The molecule has 3 rings (SSSR count). The summed E-state index contributed by atoms with van der Waals surface area (Å²) in [6.45, 7) is 8.18. The van der Waals surface area contributed by atoms with E-state index in [1.165, 1.54) is 5.56 Å². The van der Waals surface area contributed by atoms with E-state index in [0.717, 1.165) is 57.9 Å². The van der Waals surface area contributed by atoms with Crippen LogP contribution in [-0.4, -0.2) is 56.0 Å². The molecule has 0 saturated heterocycles. The van der Waals surface area contributed by atoms with Crippen molar-refractivity contribution in [3.63, 3.8) is 0 Å². The van der Waals surface area contributed by atoms with Crippen molar-refractivity contribution in [3.8, 4) is 0 Å². The van der Waals surface area contributed by atoms with Crippen molar-refractivity contribution in [1.29, 1.82) is 0 Å². The number of nitrogens with one attached hydrogen (secondary N) is 3. The van der Waals surface area contributed by atoms with Crippen molar-refractivity contribution in [3.05, 3.63) is 21.9 Å². The first-order valence-corrected chi connectivity index (χ1v) is 10.2. The summed E-state index contributed by atoms with van der Waals surface area (Å²) in [5.41, 5.74) is 1.48. The third kappa shape index (κ3) is 6.70. The number of halogens is 1. The fraction of sp³-hybridized carbons (Fsp3) is 0.667. The average molecular weight is 491 g/mol. The first kappa shape index (κ1) is 21.4. The van der Waals surface area contributed by atoms with Crippen LogP contribution >= 0.6 is 35.3 Å². The lowest BCUT2D eigenvalue weighted by Crippen LogP contribution is -2.42. The number of fused-ring (bicyclic) bond motifs is 1. The topological polar surface area (TPSA) is 68.8 Å². The van der Waals surface area contributed by atoms with Crippen LogP contribution in [0.1, 0.15) is 30.2 Å². The van der Waals surface area contributed by atoms with Crippen molar-refractivity contribution in [1.82, 2.24) is 20.9 Å². The summed E-state index contributed by atoms with van der Waals surface area (Å²) >= 11 is 1.88. The Morgan fingerprint density at radius 2 is 2.12 bits per heavy atom. The molecule has 2 aliphatic rings. The normalized spacial score (nSPS) is 17.2. The molecule has 1 aromatic heterocycles. The summed E-state index contributed by atoms with van der Waals surface area (Å²) in [5.74, 6) is 1.30. The quantitative estimate of drug-likeness (QED) is 0.225. The number of amides is 1. The molecular formula is C18H30IN5OS. The number of rotatable bonds is 8.